The van der Waals surface area contributed by atoms with Crippen molar-refractivity contribution in [3.63, 3.8) is 0 Å². The third-order valence-electron chi connectivity index (χ3n) is 9.94. The number of hydrogen-bond acceptors (Lipinski definition) is 0. The van der Waals surface area contributed by atoms with Crippen LogP contribution >= 0.6 is 0 Å². The fourth-order valence-electron chi connectivity index (χ4n) is 7.48. The average molecular weight is 654 g/mol. The van der Waals surface area contributed by atoms with Crippen molar-refractivity contribution >= 4 is 46.2 Å². The summed E-state index contributed by atoms with van der Waals surface area (Å²) in [4.78, 5) is 0. The van der Waals surface area contributed by atoms with E-state index in [0.717, 1.165) is 0 Å². The van der Waals surface area contributed by atoms with Crippen LogP contribution in [0.1, 0.15) is 0 Å². The van der Waals surface area contributed by atoms with Gasteiger partial charge < -0.3 is 4.57 Å². The predicted molar refractivity (Wildman–Crippen MR) is 216 cm³/mol. The Morgan fingerprint density at radius 2 is 0.720 bits per heavy atom. The van der Waals surface area contributed by atoms with Crippen LogP contribution in [0.15, 0.2) is 206 Å². The summed E-state index contributed by atoms with van der Waals surface area (Å²) in [7, 11) is -1.60. The van der Waals surface area contributed by atoms with Crippen molar-refractivity contribution in [2.24, 2.45) is 0 Å². The summed E-state index contributed by atoms with van der Waals surface area (Å²) in [5.41, 5.74) is 11.0. The minimum atomic E-state index is -1.60. The van der Waals surface area contributed by atoms with E-state index in [2.05, 4.69) is 211 Å². The molecule has 0 saturated heterocycles. The summed E-state index contributed by atoms with van der Waals surface area (Å²) in [6, 6.07) is 75.5. The fourth-order valence-corrected chi connectivity index (χ4v) is 10.4. The van der Waals surface area contributed by atoms with E-state index in [0.29, 0.717) is 0 Å². The summed E-state index contributed by atoms with van der Waals surface area (Å²) < 4.78 is 2.42. The van der Waals surface area contributed by atoms with Gasteiger partial charge in [0.15, 0.2) is 0 Å². The normalized spacial score (nSPS) is 11.4. The van der Waals surface area contributed by atoms with Crippen molar-refractivity contribution in [3.8, 4) is 39.1 Å². The summed E-state index contributed by atoms with van der Waals surface area (Å²) in [6.45, 7) is 0. The van der Waals surface area contributed by atoms with Crippen LogP contribution in [0.4, 0.5) is 0 Å². The molecule has 0 aliphatic heterocycles. The van der Waals surface area contributed by atoms with Crippen molar-refractivity contribution < 1.29 is 0 Å². The molecule has 0 bridgehead atoms. The highest BCUT2D eigenvalue weighted by molar-refractivity contribution is 6.95. The lowest BCUT2D eigenvalue weighted by Crippen LogP contribution is -2.51. The molecule has 1 nitrogen and oxygen atoms in total. The Kier molecular flexibility index (Phi) is 7.77. The number of fused-ring (bicyclic) bond motifs is 3. The maximum Gasteiger partial charge on any atom is 0.132 e. The first-order valence-electron chi connectivity index (χ1n) is 17.3. The average Bonchev–Trinajstić information content (AvgIpc) is 3.53. The molecular weight excluding hydrogens is 619 g/mol. The first-order valence-corrected chi connectivity index (χ1v) is 19.0. The van der Waals surface area contributed by atoms with Crippen molar-refractivity contribution in [2.75, 3.05) is 0 Å². The largest absolute Gasteiger partial charge is 0.309 e. The molecule has 0 amide bonds. The second-order valence-corrected chi connectivity index (χ2v) is 15.8. The number of hydrogen-bond donors (Lipinski definition) is 0. The zero-order valence-corrected chi connectivity index (χ0v) is 28.8. The first kappa shape index (κ1) is 29.9. The molecule has 0 N–H and O–H groups in total. The third kappa shape index (κ3) is 5.56. The highest BCUT2D eigenvalue weighted by Gasteiger charge is 2.19. The number of aromatic nitrogens is 1. The van der Waals surface area contributed by atoms with Crippen LogP contribution in [-0.2, 0) is 0 Å². The van der Waals surface area contributed by atoms with Gasteiger partial charge >= 0.3 is 0 Å². The highest BCUT2D eigenvalue weighted by atomic mass is 28.3. The summed E-state index contributed by atoms with van der Waals surface area (Å²) in [5.74, 6) is 0. The second kappa shape index (κ2) is 13.0. The Morgan fingerprint density at radius 1 is 0.280 bits per heavy atom. The lowest BCUT2D eigenvalue weighted by Gasteiger charge is -2.18. The molecule has 0 fully saturated rings. The van der Waals surface area contributed by atoms with Crippen LogP contribution < -0.4 is 15.6 Å². The van der Waals surface area contributed by atoms with Gasteiger partial charge in [0, 0.05) is 16.5 Å². The van der Waals surface area contributed by atoms with Gasteiger partial charge in [0.25, 0.3) is 0 Å². The van der Waals surface area contributed by atoms with Crippen LogP contribution in [0.5, 0.6) is 0 Å². The molecule has 0 spiro atoms. The Hall–Kier alpha value is -6.22. The maximum atomic E-state index is 2.42. The quantitative estimate of drug-likeness (QED) is 0.119. The molecule has 0 unspecified atom stereocenters. The molecular formula is C48H35NSi. The van der Waals surface area contributed by atoms with Gasteiger partial charge in [0.2, 0.25) is 0 Å². The molecule has 8 aromatic carbocycles. The maximum absolute atomic E-state index is 2.42. The van der Waals surface area contributed by atoms with Crippen LogP contribution in [0.3, 0.4) is 0 Å². The molecule has 236 valence electrons. The molecule has 9 aromatic rings. The SMILES string of the molecule is c1ccc(-c2cccc(-c3ccc(-c4ccc5c(c4)c4ccccc4n5-c4ccc([SiH](c5ccccc5)c5ccccc5)cc4)cc3)c2)cc1. The zero-order chi connectivity index (χ0) is 33.3. The Bertz CT molecular complexity index is 2510. The molecule has 50 heavy (non-hydrogen) atoms. The van der Waals surface area contributed by atoms with Crippen LogP contribution in [0.2, 0.25) is 0 Å². The summed E-state index contributed by atoms with van der Waals surface area (Å²) >= 11 is 0. The Balaban J connectivity index is 1.07. The van der Waals surface area contributed by atoms with E-state index in [1.807, 2.05) is 0 Å². The lowest BCUT2D eigenvalue weighted by molar-refractivity contribution is 1.18. The van der Waals surface area contributed by atoms with E-state index in [1.54, 1.807) is 0 Å². The number of para-hydroxylation sites is 1. The molecule has 1 aromatic heterocycles. The van der Waals surface area contributed by atoms with E-state index in [1.165, 1.54) is 76.4 Å². The van der Waals surface area contributed by atoms with Crippen LogP contribution in [0.25, 0.3) is 60.9 Å². The monoisotopic (exact) mass is 653 g/mol. The second-order valence-electron chi connectivity index (χ2n) is 13.0. The van der Waals surface area contributed by atoms with E-state index in [-0.39, 0.29) is 0 Å². The van der Waals surface area contributed by atoms with Gasteiger partial charge in [-0.25, -0.2) is 0 Å². The van der Waals surface area contributed by atoms with Gasteiger partial charge in [-0.15, -0.1) is 0 Å². The molecule has 0 atom stereocenters. The minimum Gasteiger partial charge on any atom is -0.309 e. The van der Waals surface area contributed by atoms with E-state index in [9.17, 15) is 0 Å². The van der Waals surface area contributed by atoms with Crippen molar-refractivity contribution in [1.29, 1.82) is 0 Å². The summed E-state index contributed by atoms with van der Waals surface area (Å²) in [6.07, 6.45) is 0. The smallest absolute Gasteiger partial charge is 0.132 e. The van der Waals surface area contributed by atoms with Gasteiger partial charge in [-0.1, -0.05) is 185 Å². The van der Waals surface area contributed by atoms with Gasteiger partial charge in [-0.05, 0) is 69.8 Å². The number of rotatable bonds is 7. The molecule has 9 rings (SSSR count). The molecule has 0 aliphatic rings. The number of nitrogens with zero attached hydrogens (tertiary/aromatic N) is 1. The minimum absolute atomic E-state index is 1.18. The molecule has 1 heterocycles. The van der Waals surface area contributed by atoms with Crippen LogP contribution in [0, 0.1) is 0 Å². The molecule has 0 radical (unpaired) electrons. The highest BCUT2D eigenvalue weighted by Crippen LogP contribution is 2.35. The molecule has 2 heteroatoms. The van der Waals surface area contributed by atoms with Crippen LogP contribution in [-0.4, -0.2) is 13.4 Å². The Morgan fingerprint density at radius 3 is 1.34 bits per heavy atom. The zero-order valence-electron chi connectivity index (χ0n) is 27.7. The van der Waals surface area contributed by atoms with Gasteiger partial charge in [0.05, 0.1) is 11.0 Å². The summed E-state index contributed by atoms with van der Waals surface area (Å²) in [5, 5.41) is 6.82. The lowest BCUT2D eigenvalue weighted by atomic mass is 9.96. The van der Waals surface area contributed by atoms with Gasteiger partial charge in [-0.3, -0.25) is 0 Å². The predicted octanol–water partition coefficient (Wildman–Crippen LogP) is 10.0. The van der Waals surface area contributed by atoms with Crippen molar-refractivity contribution in [3.05, 3.63) is 206 Å². The van der Waals surface area contributed by atoms with E-state index >= 15 is 0 Å². The van der Waals surface area contributed by atoms with Crippen molar-refractivity contribution in [2.45, 2.75) is 0 Å². The van der Waals surface area contributed by atoms with Gasteiger partial charge in [-0.2, -0.15) is 0 Å². The standard InChI is InChI=1S/C48H35NSi/c1-4-13-35(14-5-1)38-15-12-16-39(33-38)36-23-25-37(26-24-36)40-27-32-48-46(34-40)45-21-10-11-22-47(45)49(48)41-28-30-44(31-29-41)50(42-17-6-2-7-18-42)43-19-8-3-9-20-43/h1-34,50H. The van der Waals surface area contributed by atoms with Gasteiger partial charge in [0.1, 0.15) is 8.80 Å². The van der Waals surface area contributed by atoms with E-state index < -0.39 is 8.80 Å². The molecule has 0 aliphatic carbocycles. The van der Waals surface area contributed by atoms with Crippen molar-refractivity contribution in [1.82, 2.24) is 4.57 Å². The van der Waals surface area contributed by atoms with E-state index in [4.69, 9.17) is 0 Å². The molecule has 0 saturated carbocycles. The topological polar surface area (TPSA) is 4.93 Å². The first-order chi connectivity index (χ1) is 24.8. The third-order valence-corrected chi connectivity index (χ3v) is 13.1. The number of benzene rings is 8. The Labute approximate surface area is 295 Å². The fraction of sp³-hybridized carbons (Fsp3) is 0.